The summed E-state index contributed by atoms with van der Waals surface area (Å²) in [6.07, 6.45) is 5.29. The van der Waals surface area contributed by atoms with Gasteiger partial charge in [-0.1, -0.05) is 78.6 Å². The number of hydrazine groups is 1. The third kappa shape index (κ3) is 10.3. The van der Waals surface area contributed by atoms with Crippen molar-refractivity contribution in [2.75, 3.05) is 27.3 Å². The zero-order chi connectivity index (χ0) is 35.5. The van der Waals surface area contributed by atoms with Gasteiger partial charge in [-0.15, -0.1) is 0 Å². The molecule has 0 spiro atoms. The number of unbranched alkanes of at least 4 members (excludes halogenated alkanes) is 2. The maximum absolute atomic E-state index is 12.9. The number of hydrogen-bond donors (Lipinski definition) is 2. The Balaban J connectivity index is 1.12. The van der Waals surface area contributed by atoms with Crippen molar-refractivity contribution in [1.29, 1.82) is 0 Å². The first-order valence-corrected chi connectivity index (χ1v) is 17.4. The van der Waals surface area contributed by atoms with Gasteiger partial charge in [0.2, 0.25) is 11.8 Å². The molecule has 0 unspecified atom stereocenters. The van der Waals surface area contributed by atoms with Crippen molar-refractivity contribution in [3.05, 3.63) is 80.6 Å². The summed E-state index contributed by atoms with van der Waals surface area (Å²) in [5, 5.41) is 0. The molecule has 4 amide bonds. The van der Waals surface area contributed by atoms with Gasteiger partial charge in [-0.3, -0.25) is 39.8 Å². The number of carbonyl (C=O) groups is 6. The number of nitrogens with one attached hydrogen (secondary N) is 2. The second-order valence-corrected chi connectivity index (χ2v) is 13.9. The molecule has 0 aromatic heterocycles. The maximum atomic E-state index is 12.9. The Bertz CT molecular complexity index is 1720. The normalized spacial score (nSPS) is 16.0. The van der Waals surface area contributed by atoms with E-state index in [0.29, 0.717) is 60.9 Å². The number of amides is 4. The fourth-order valence-electron chi connectivity index (χ4n) is 4.56. The predicted octanol–water partition coefficient (Wildman–Crippen LogP) is 4.46. The average Bonchev–Trinajstić information content (AvgIpc) is 3.52. The number of thioether (sulfide) groups is 2. The number of carbonyl (C=O) groups excluding carboxylic acids is 6. The number of nitrogens with zero attached hydrogens (tertiary/aromatic N) is 2. The van der Waals surface area contributed by atoms with Gasteiger partial charge < -0.3 is 9.47 Å². The lowest BCUT2D eigenvalue weighted by Gasteiger charge is -2.15. The molecule has 2 fully saturated rings. The monoisotopic (exact) mass is 740 g/mol. The van der Waals surface area contributed by atoms with Crippen LogP contribution < -0.4 is 10.9 Å². The first-order valence-electron chi connectivity index (χ1n) is 15.0. The number of esters is 2. The summed E-state index contributed by atoms with van der Waals surface area (Å²) in [5.74, 6) is -2.28. The van der Waals surface area contributed by atoms with Gasteiger partial charge in [-0.05, 0) is 60.4 Å². The predicted molar refractivity (Wildman–Crippen MR) is 195 cm³/mol. The summed E-state index contributed by atoms with van der Waals surface area (Å²) in [6, 6.07) is 13.3. The second kappa shape index (κ2) is 17.9. The fourth-order valence-corrected chi connectivity index (χ4v) is 7.18. The molecule has 2 aromatic rings. The summed E-state index contributed by atoms with van der Waals surface area (Å²) < 4.78 is 10.2. The highest BCUT2D eigenvalue weighted by molar-refractivity contribution is 8.27. The van der Waals surface area contributed by atoms with Crippen LogP contribution >= 0.6 is 48.0 Å². The summed E-state index contributed by atoms with van der Waals surface area (Å²) in [6.45, 7) is 0.453. The molecule has 2 N–H and O–H groups in total. The lowest BCUT2D eigenvalue weighted by atomic mass is 10.1. The largest absolute Gasteiger partial charge is 0.465 e. The first-order chi connectivity index (χ1) is 23.5. The van der Waals surface area contributed by atoms with Crippen molar-refractivity contribution < 1.29 is 38.2 Å². The highest BCUT2D eigenvalue weighted by Gasteiger charge is 2.33. The average molecular weight is 741 g/mol. The fraction of sp³-hybridized carbons (Fsp3) is 0.273. The van der Waals surface area contributed by atoms with Crippen LogP contribution in [0.25, 0.3) is 12.2 Å². The van der Waals surface area contributed by atoms with Crippen LogP contribution in [-0.4, -0.2) is 81.3 Å². The quantitative estimate of drug-likeness (QED) is 0.0982. The van der Waals surface area contributed by atoms with Crippen LogP contribution in [0.4, 0.5) is 0 Å². The van der Waals surface area contributed by atoms with Gasteiger partial charge >= 0.3 is 11.9 Å². The number of rotatable bonds is 13. The van der Waals surface area contributed by atoms with E-state index in [-0.39, 0.29) is 37.1 Å². The van der Waals surface area contributed by atoms with Crippen LogP contribution in [0.1, 0.15) is 63.9 Å². The van der Waals surface area contributed by atoms with Crippen LogP contribution in [0.15, 0.2) is 58.3 Å². The number of methoxy groups -OCH3 is 2. The molecule has 0 saturated carbocycles. The number of ether oxygens (including phenoxy) is 2. The number of benzene rings is 2. The molecule has 2 aromatic carbocycles. The molecule has 256 valence electrons. The molecule has 0 bridgehead atoms. The van der Waals surface area contributed by atoms with E-state index in [1.54, 1.807) is 60.7 Å². The van der Waals surface area contributed by atoms with E-state index < -0.39 is 17.8 Å². The van der Waals surface area contributed by atoms with Gasteiger partial charge in [0.15, 0.2) is 0 Å². The Morgan fingerprint density at radius 1 is 0.653 bits per heavy atom. The second-order valence-electron chi connectivity index (χ2n) is 10.6. The van der Waals surface area contributed by atoms with Gasteiger partial charge in [0, 0.05) is 25.9 Å². The van der Waals surface area contributed by atoms with Crippen LogP contribution in [0.2, 0.25) is 0 Å². The molecular formula is C33H32N4O8S4. The topological polar surface area (TPSA) is 151 Å². The zero-order valence-electron chi connectivity index (χ0n) is 26.5. The van der Waals surface area contributed by atoms with Gasteiger partial charge in [0.05, 0.1) is 35.2 Å². The molecule has 12 nitrogen and oxygen atoms in total. The Kier molecular flexibility index (Phi) is 13.6. The van der Waals surface area contributed by atoms with Gasteiger partial charge in [0.25, 0.3) is 11.8 Å². The zero-order valence-corrected chi connectivity index (χ0v) is 29.8. The van der Waals surface area contributed by atoms with Crippen LogP contribution in [-0.2, 0) is 28.7 Å². The van der Waals surface area contributed by atoms with Gasteiger partial charge in [0.1, 0.15) is 8.64 Å². The highest BCUT2D eigenvalue weighted by atomic mass is 32.2. The van der Waals surface area contributed by atoms with Crippen molar-refractivity contribution in [3.8, 4) is 0 Å². The molecule has 4 rings (SSSR count). The van der Waals surface area contributed by atoms with E-state index in [1.807, 2.05) is 0 Å². The minimum absolute atomic E-state index is 0.0406. The summed E-state index contributed by atoms with van der Waals surface area (Å²) in [4.78, 5) is 77.3. The van der Waals surface area contributed by atoms with Crippen molar-refractivity contribution in [3.63, 3.8) is 0 Å². The van der Waals surface area contributed by atoms with E-state index in [9.17, 15) is 28.8 Å². The van der Waals surface area contributed by atoms with Crippen LogP contribution in [0.5, 0.6) is 0 Å². The van der Waals surface area contributed by atoms with Crippen molar-refractivity contribution in [1.82, 2.24) is 20.7 Å². The third-order valence-electron chi connectivity index (χ3n) is 7.20. The molecule has 0 radical (unpaired) electrons. The Morgan fingerprint density at radius 2 is 1.08 bits per heavy atom. The number of hydrogen-bond acceptors (Lipinski definition) is 12. The minimum Gasteiger partial charge on any atom is -0.465 e. The van der Waals surface area contributed by atoms with E-state index in [4.69, 9.17) is 29.2 Å². The Morgan fingerprint density at radius 3 is 1.53 bits per heavy atom. The third-order valence-corrected chi connectivity index (χ3v) is 9.95. The molecule has 2 heterocycles. The van der Waals surface area contributed by atoms with E-state index in [0.717, 1.165) is 17.3 Å². The standard InChI is InChI=1S/C33H32N4O8S4/c1-44-30(42)22-11-7-20(8-12-22)18-24-28(40)36(32(46)48-24)16-5-3-4-6-26(38)34-35-27(39)15-17-37-29(41)25(49-33(37)47)19-21-9-13-23(14-10-21)31(43)45-2/h7-14,18-19H,3-6,15-17H2,1-2H3,(H,34,38)(H,35,39)/b24-18-,25-19+. The Labute approximate surface area is 302 Å². The molecule has 2 saturated heterocycles. The highest BCUT2D eigenvalue weighted by Crippen LogP contribution is 2.34. The minimum atomic E-state index is -0.480. The summed E-state index contributed by atoms with van der Waals surface area (Å²) >= 11 is 13.0. The molecule has 0 atom stereocenters. The summed E-state index contributed by atoms with van der Waals surface area (Å²) in [5.41, 5.74) is 6.99. The molecule has 16 heteroatoms. The van der Waals surface area contributed by atoms with E-state index >= 15 is 0 Å². The number of thiocarbonyl (C=S) groups is 2. The molecular weight excluding hydrogens is 709 g/mol. The van der Waals surface area contributed by atoms with Crippen molar-refractivity contribution >= 4 is 104 Å². The molecule has 2 aliphatic heterocycles. The smallest absolute Gasteiger partial charge is 0.337 e. The van der Waals surface area contributed by atoms with E-state index in [2.05, 4.69) is 15.6 Å². The lowest BCUT2D eigenvalue weighted by molar-refractivity contribution is -0.129. The van der Waals surface area contributed by atoms with Crippen LogP contribution in [0, 0.1) is 0 Å². The lowest BCUT2D eigenvalue weighted by Crippen LogP contribution is -2.43. The first kappa shape index (κ1) is 37.4. The van der Waals surface area contributed by atoms with Gasteiger partial charge in [-0.2, -0.15) is 0 Å². The molecule has 2 aliphatic rings. The maximum Gasteiger partial charge on any atom is 0.337 e. The molecule has 0 aliphatic carbocycles. The Hall–Kier alpha value is -4.38. The van der Waals surface area contributed by atoms with Crippen LogP contribution in [0.3, 0.4) is 0 Å². The van der Waals surface area contributed by atoms with Crippen molar-refractivity contribution in [2.24, 2.45) is 0 Å². The summed E-state index contributed by atoms with van der Waals surface area (Å²) in [7, 11) is 2.61. The van der Waals surface area contributed by atoms with E-state index in [1.165, 1.54) is 35.8 Å². The molecule has 49 heavy (non-hydrogen) atoms. The SMILES string of the molecule is COC(=O)c1ccc(/C=C2\SC(=S)N(CCCCCC(=O)NNC(=O)CCN3C(=O)/C(=C\c4ccc(C(=O)OC)cc4)SC3=S)C2=O)cc1. The van der Waals surface area contributed by atoms with Crippen molar-refractivity contribution in [2.45, 2.75) is 32.1 Å². The van der Waals surface area contributed by atoms with Gasteiger partial charge in [-0.25, -0.2) is 9.59 Å².